The summed E-state index contributed by atoms with van der Waals surface area (Å²) in [5.41, 5.74) is 2.67. The number of aromatic nitrogens is 4. The Balaban J connectivity index is 1.75. The van der Waals surface area contributed by atoms with Gasteiger partial charge in [0, 0.05) is 11.1 Å². The van der Waals surface area contributed by atoms with Crippen LogP contribution in [0.4, 0.5) is 0 Å². The van der Waals surface area contributed by atoms with Crippen molar-refractivity contribution in [1.82, 2.24) is 20.0 Å². The molecule has 0 aliphatic carbocycles. The molecule has 4 rings (SSSR count). The van der Waals surface area contributed by atoms with E-state index < -0.39 is 0 Å². The molecule has 0 atom stereocenters. The first-order valence-electron chi connectivity index (χ1n) is 7.40. The van der Waals surface area contributed by atoms with Crippen molar-refractivity contribution >= 4 is 31.8 Å². The highest BCUT2D eigenvalue weighted by molar-refractivity contribution is 7.25. The third kappa shape index (κ3) is 2.51. The van der Waals surface area contributed by atoms with Crippen LogP contribution in [0, 0.1) is 6.92 Å². The molecule has 0 saturated carbocycles. The molecule has 0 spiro atoms. The third-order valence-corrected chi connectivity index (χ3v) is 4.88. The molecule has 114 valence electrons. The summed E-state index contributed by atoms with van der Waals surface area (Å²) in [7, 11) is 0. The van der Waals surface area contributed by atoms with Gasteiger partial charge in [-0.25, -0.2) is 9.67 Å². The van der Waals surface area contributed by atoms with Gasteiger partial charge >= 0.3 is 0 Å². The van der Waals surface area contributed by atoms with Gasteiger partial charge in [0.2, 0.25) is 0 Å². The average Bonchev–Trinajstić information content (AvgIpc) is 2.93. The molecule has 4 aromatic rings. The molecule has 6 heteroatoms. The van der Waals surface area contributed by atoms with Crippen LogP contribution < -0.4 is 5.56 Å². The molecular formula is C17H14N4OS. The zero-order valence-electron chi connectivity index (χ0n) is 12.6. The number of rotatable bonds is 3. The fraction of sp³-hybridized carbons (Fsp3) is 0.176. The Hall–Kier alpha value is -2.60. The van der Waals surface area contributed by atoms with Gasteiger partial charge in [-0.05, 0) is 31.0 Å². The summed E-state index contributed by atoms with van der Waals surface area (Å²) >= 11 is 1.39. The van der Waals surface area contributed by atoms with E-state index >= 15 is 0 Å². The molecule has 0 bridgehead atoms. The van der Waals surface area contributed by atoms with E-state index in [0.717, 1.165) is 22.3 Å². The number of aryl methyl sites for hydroxylation is 3. The van der Waals surface area contributed by atoms with Crippen molar-refractivity contribution in [3.63, 3.8) is 0 Å². The fourth-order valence-corrected chi connectivity index (χ4v) is 3.68. The number of benzene rings is 1. The lowest BCUT2D eigenvalue weighted by atomic mass is 10.1. The number of nitrogens with zero attached hydrogens (tertiary/aromatic N) is 4. The Kier molecular flexibility index (Phi) is 3.38. The summed E-state index contributed by atoms with van der Waals surface area (Å²) in [5, 5.41) is 9.25. The van der Waals surface area contributed by atoms with E-state index in [2.05, 4.69) is 15.3 Å². The lowest BCUT2D eigenvalue weighted by Gasteiger charge is -2.03. The van der Waals surface area contributed by atoms with Crippen molar-refractivity contribution in [2.75, 3.05) is 0 Å². The highest BCUT2D eigenvalue weighted by Gasteiger charge is 2.13. The second kappa shape index (κ2) is 5.55. The minimum atomic E-state index is -0.0911. The highest BCUT2D eigenvalue weighted by atomic mass is 32.1. The van der Waals surface area contributed by atoms with Crippen LogP contribution in [0.5, 0.6) is 0 Å². The van der Waals surface area contributed by atoms with Gasteiger partial charge in [0.1, 0.15) is 15.0 Å². The van der Waals surface area contributed by atoms with Gasteiger partial charge in [0.25, 0.3) is 5.56 Å². The largest absolute Gasteiger partial charge is 0.287 e. The normalized spacial score (nSPS) is 11.3. The molecule has 0 saturated heterocycles. The van der Waals surface area contributed by atoms with Gasteiger partial charge in [-0.3, -0.25) is 4.79 Å². The summed E-state index contributed by atoms with van der Waals surface area (Å²) in [6.07, 6.45) is 0.753. The van der Waals surface area contributed by atoms with E-state index in [1.807, 2.05) is 49.4 Å². The van der Waals surface area contributed by atoms with Gasteiger partial charge in [0.05, 0.1) is 6.54 Å². The van der Waals surface area contributed by atoms with Gasteiger partial charge in [-0.2, -0.15) is 0 Å². The first-order chi connectivity index (χ1) is 11.2. The minimum absolute atomic E-state index is 0.0911. The molecule has 0 amide bonds. The van der Waals surface area contributed by atoms with E-state index in [1.54, 1.807) is 0 Å². The van der Waals surface area contributed by atoms with Gasteiger partial charge in [-0.1, -0.05) is 35.5 Å². The molecule has 0 fully saturated rings. The quantitative estimate of drug-likeness (QED) is 0.582. The van der Waals surface area contributed by atoms with Crippen LogP contribution in [-0.2, 0) is 13.0 Å². The van der Waals surface area contributed by atoms with Gasteiger partial charge in [-0.15, -0.1) is 16.4 Å². The van der Waals surface area contributed by atoms with Crippen molar-refractivity contribution in [2.45, 2.75) is 19.9 Å². The van der Waals surface area contributed by atoms with Crippen LogP contribution >= 0.6 is 11.3 Å². The topological polar surface area (TPSA) is 60.7 Å². The van der Waals surface area contributed by atoms with Crippen molar-refractivity contribution in [2.24, 2.45) is 0 Å². The lowest BCUT2D eigenvalue weighted by molar-refractivity contribution is 0.551. The molecule has 3 heterocycles. The first kappa shape index (κ1) is 14.0. The molecular weight excluding hydrogens is 308 g/mol. The molecule has 0 aliphatic rings. The second-order valence-electron chi connectivity index (χ2n) is 5.44. The molecule has 1 aromatic carbocycles. The van der Waals surface area contributed by atoms with Gasteiger partial charge in [0.15, 0.2) is 0 Å². The van der Waals surface area contributed by atoms with Crippen LogP contribution in [-0.4, -0.2) is 20.0 Å². The molecule has 0 N–H and O–H groups in total. The van der Waals surface area contributed by atoms with E-state index in [1.165, 1.54) is 21.6 Å². The van der Waals surface area contributed by atoms with E-state index in [-0.39, 0.29) is 5.56 Å². The summed E-state index contributed by atoms with van der Waals surface area (Å²) < 4.78 is 2.07. The Labute approximate surface area is 136 Å². The first-order valence-corrected chi connectivity index (χ1v) is 8.21. The zero-order chi connectivity index (χ0) is 15.8. The Bertz CT molecular complexity index is 1050. The number of pyridine rings is 1. The molecule has 5 nitrogen and oxygen atoms in total. The van der Waals surface area contributed by atoms with E-state index in [4.69, 9.17) is 0 Å². The predicted octanol–water partition coefficient (Wildman–Crippen LogP) is 2.95. The molecule has 0 radical (unpaired) electrons. The molecule has 23 heavy (non-hydrogen) atoms. The fourth-order valence-electron chi connectivity index (χ4n) is 2.58. The van der Waals surface area contributed by atoms with Crippen molar-refractivity contribution in [1.29, 1.82) is 0 Å². The predicted molar refractivity (Wildman–Crippen MR) is 91.9 cm³/mol. The van der Waals surface area contributed by atoms with Crippen LogP contribution in [0.25, 0.3) is 20.4 Å². The maximum atomic E-state index is 12.6. The number of thiophene rings is 1. The van der Waals surface area contributed by atoms with E-state index in [0.29, 0.717) is 16.8 Å². The summed E-state index contributed by atoms with van der Waals surface area (Å²) in [6, 6.07) is 13.9. The molecule has 0 unspecified atom stereocenters. The van der Waals surface area contributed by atoms with Crippen LogP contribution in [0.2, 0.25) is 0 Å². The van der Waals surface area contributed by atoms with Crippen LogP contribution in [0.15, 0.2) is 47.3 Å². The maximum Gasteiger partial charge on any atom is 0.287 e. The zero-order valence-corrected chi connectivity index (χ0v) is 13.4. The number of fused-ring (bicyclic) bond motifs is 3. The van der Waals surface area contributed by atoms with Crippen LogP contribution in [0.1, 0.15) is 11.3 Å². The Morgan fingerprint density at radius 1 is 1.13 bits per heavy atom. The average molecular weight is 322 g/mol. The standard InChI is InChI=1S/C17H14N4OS/c1-11-7-8-13-14-15(23-16(13)18-11)17(22)21(20-19-14)10-9-12-5-3-2-4-6-12/h2-8H,9-10H2,1H3. The smallest absolute Gasteiger partial charge is 0.266 e. The van der Waals surface area contributed by atoms with Crippen molar-refractivity contribution in [3.05, 3.63) is 64.1 Å². The summed E-state index contributed by atoms with van der Waals surface area (Å²) in [5.74, 6) is 0. The number of hydrogen-bond acceptors (Lipinski definition) is 5. The monoisotopic (exact) mass is 322 g/mol. The van der Waals surface area contributed by atoms with Gasteiger partial charge < -0.3 is 0 Å². The summed E-state index contributed by atoms with van der Waals surface area (Å²) in [4.78, 5) is 18.0. The van der Waals surface area contributed by atoms with Crippen molar-refractivity contribution < 1.29 is 0 Å². The maximum absolute atomic E-state index is 12.6. The Morgan fingerprint density at radius 2 is 1.96 bits per heavy atom. The lowest BCUT2D eigenvalue weighted by Crippen LogP contribution is -2.24. The van der Waals surface area contributed by atoms with Crippen LogP contribution in [0.3, 0.4) is 0 Å². The second-order valence-corrected chi connectivity index (χ2v) is 6.44. The van der Waals surface area contributed by atoms with E-state index in [9.17, 15) is 4.79 Å². The SMILES string of the molecule is Cc1ccc2c(n1)sc1c(=O)n(CCc3ccccc3)nnc12. The molecule has 3 aromatic heterocycles. The third-order valence-electron chi connectivity index (χ3n) is 3.80. The highest BCUT2D eigenvalue weighted by Crippen LogP contribution is 2.28. The number of hydrogen-bond donors (Lipinski definition) is 0. The van der Waals surface area contributed by atoms with Crippen molar-refractivity contribution in [3.8, 4) is 0 Å². The Morgan fingerprint density at radius 3 is 2.78 bits per heavy atom. The molecule has 0 aliphatic heterocycles. The minimum Gasteiger partial charge on any atom is -0.266 e. The summed E-state index contributed by atoms with van der Waals surface area (Å²) in [6.45, 7) is 2.46.